The van der Waals surface area contributed by atoms with E-state index in [1.807, 2.05) is 0 Å². The first-order valence-corrected chi connectivity index (χ1v) is 3.80. The van der Waals surface area contributed by atoms with Gasteiger partial charge in [0.2, 0.25) is 0 Å². The summed E-state index contributed by atoms with van der Waals surface area (Å²) in [4.78, 5) is 21.0. The van der Waals surface area contributed by atoms with Crippen LogP contribution in [-0.2, 0) is 9.59 Å². The number of hydrogen-bond donors (Lipinski definition) is 3. The number of aliphatic carboxylic acids is 2. The van der Waals surface area contributed by atoms with Crippen LogP contribution in [0.1, 0.15) is 12.8 Å². The summed E-state index contributed by atoms with van der Waals surface area (Å²) in [6.07, 6.45) is 0.698. The molecule has 0 saturated carbocycles. The molecule has 1 saturated heterocycles. The molecule has 1 aliphatic heterocycles. The molecular formula is C7H12NNaO4. The molecule has 13 heavy (non-hydrogen) atoms. The molecule has 0 radical (unpaired) electrons. The topological polar surface area (TPSA) is 86.6 Å². The zero-order chi connectivity index (χ0) is 9.14. The molecule has 0 aromatic heterocycles. The van der Waals surface area contributed by atoms with Gasteiger partial charge in [-0.25, -0.2) is 0 Å². The number of rotatable bonds is 2. The number of carboxylic acid groups (broad SMARTS) is 2. The van der Waals surface area contributed by atoms with E-state index in [1.54, 1.807) is 0 Å². The van der Waals surface area contributed by atoms with E-state index < -0.39 is 23.9 Å². The van der Waals surface area contributed by atoms with E-state index in [0.717, 1.165) is 0 Å². The van der Waals surface area contributed by atoms with Crippen molar-refractivity contribution in [2.45, 2.75) is 18.9 Å². The van der Waals surface area contributed by atoms with E-state index in [2.05, 4.69) is 5.32 Å². The number of hydrogen-bond acceptors (Lipinski definition) is 3. The van der Waals surface area contributed by atoms with Crippen LogP contribution in [0.3, 0.4) is 0 Å². The van der Waals surface area contributed by atoms with Gasteiger partial charge in [-0.2, -0.15) is 0 Å². The van der Waals surface area contributed by atoms with Crippen LogP contribution in [0.2, 0.25) is 0 Å². The summed E-state index contributed by atoms with van der Waals surface area (Å²) in [7, 11) is 0. The Labute approximate surface area is 97.8 Å². The zero-order valence-corrected chi connectivity index (χ0v) is 6.49. The third-order valence-electron chi connectivity index (χ3n) is 2.05. The Morgan fingerprint density at radius 2 is 1.85 bits per heavy atom. The van der Waals surface area contributed by atoms with Crippen molar-refractivity contribution in [2.24, 2.45) is 5.92 Å². The van der Waals surface area contributed by atoms with Gasteiger partial charge in [-0.15, -0.1) is 0 Å². The maximum absolute atomic E-state index is 10.5. The molecule has 1 rings (SSSR count). The Hall–Kier alpha value is -0.100. The van der Waals surface area contributed by atoms with Crippen molar-refractivity contribution in [1.29, 1.82) is 0 Å². The standard InChI is InChI=1S/C7H11NO4.Na.H/c9-6(10)4-1-2-8-5(3-4)7(11)12;;/h4-5,8H,1-3H2,(H,9,10)(H,11,12);;. The van der Waals surface area contributed by atoms with Gasteiger partial charge < -0.3 is 15.5 Å². The summed E-state index contributed by atoms with van der Waals surface area (Å²) in [6.45, 7) is 0.466. The van der Waals surface area contributed by atoms with Crippen LogP contribution in [0.4, 0.5) is 0 Å². The molecule has 0 bridgehead atoms. The molecule has 0 aliphatic carbocycles. The summed E-state index contributed by atoms with van der Waals surface area (Å²) in [5.74, 6) is -2.38. The fourth-order valence-corrected chi connectivity index (χ4v) is 1.33. The second kappa shape index (κ2) is 5.59. The van der Waals surface area contributed by atoms with E-state index in [0.29, 0.717) is 13.0 Å². The molecule has 2 atom stereocenters. The Morgan fingerprint density at radius 3 is 2.31 bits per heavy atom. The second-order valence-electron chi connectivity index (χ2n) is 2.90. The third kappa shape index (κ3) is 3.64. The van der Waals surface area contributed by atoms with Crippen LogP contribution in [0, 0.1) is 5.92 Å². The van der Waals surface area contributed by atoms with Crippen LogP contribution in [0.5, 0.6) is 0 Å². The fourth-order valence-electron chi connectivity index (χ4n) is 1.33. The molecule has 2 unspecified atom stereocenters. The number of carbonyl (C=O) groups is 2. The van der Waals surface area contributed by atoms with Gasteiger partial charge in [-0.3, -0.25) is 9.59 Å². The van der Waals surface area contributed by atoms with E-state index >= 15 is 0 Å². The quantitative estimate of drug-likeness (QED) is 0.488. The predicted molar refractivity (Wildman–Crippen MR) is 46.9 cm³/mol. The molecule has 5 nitrogen and oxygen atoms in total. The van der Waals surface area contributed by atoms with Crippen LogP contribution in [-0.4, -0.2) is 64.3 Å². The monoisotopic (exact) mass is 197 g/mol. The Balaban J connectivity index is 0.00000144. The van der Waals surface area contributed by atoms with Gasteiger partial charge >= 0.3 is 41.5 Å². The molecule has 0 aromatic rings. The summed E-state index contributed by atoms with van der Waals surface area (Å²) in [5.41, 5.74) is 0. The van der Waals surface area contributed by atoms with E-state index in [-0.39, 0.29) is 36.0 Å². The minimum absolute atomic E-state index is 0. The summed E-state index contributed by atoms with van der Waals surface area (Å²) < 4.78 is 0. The van der Waals surface area contributed by atoms with Crippen molar-refractivity contribution < 1.29 is 19.8 Å². The van der Waals surface area contributed by atoms with Gasteiger partial charge in [-0.05, 0) is 19.4 Å². The molecule has 1 aliphatic rings. The van der Waals surface area contributed by atoms with Crippen molar-refractivity contribution in [2.75, 3.05) is 6.54 Å². The predicted octanol–water partition coefficient (Wildman–Crippen LogP) is -1.12. The molecule has 0 aromatic carbocycles. The van der Waals surface area contributed by atoms with Gasteiger partial charge in [0.15, 0.2) is 0 Å². The van der Waals surface area contributed by atoms with Crippen LogP contribution < -0.4 is 5.32 Å². The van der Waals surface area contributed by atoms with Crippen molar-refractivity contribution in [3.63, 3.8) is 0 Å². The van der Waals surface area contributed by atoms with E-state index in [1.165, 1.54) is 0 Å². The summed E-state index contributed by atoms with van der Waals surface area (Å²) in [6, 6.07) is -0.695. The molecule has 70 valence electrons. The summed E-state index contributed by atoms with van der Waals surface area (Å²) >= 11 is 0. The normalized spacial score (nSPS) is 27.4. The van der Waals surface area contributed by atoms with E-state index in [4.69, 9.17) is 10.2 Å². The Bertz CT molecular complexity index is 189. The average molecular weight is 197 g/mol. The van der Waals surface area contributed by atoms with Gasteiger partial charge in [0.1, 0.15) is 6.04 Å². The molecule has 6 heteroatoms. The first-order chi connectivity index (χ1) is 5.61. The molecular weight excluding hydrogens is 185 g/mol. The third-order valence-corrected chi connectivity index (χ3v) is 2.05. The first kappa shape index (κ1) is 12.9. The van der Waals surface area contributed by atoms with Crippen LogP contribution >= 0.6 is 0 Å². The van der Waals surface area contributed by atoms with Gasteiger partial charge in [0, 0.05) is 0 Å². The minimum atomic E-state index is -0.971. The van der Waals surface area contributed by atoms with Crippen molar-refractivity contribution in [3.05, 3.63) is 0 Å². The van der Waals surface area contributed by atoms with Crippen LogP contribution in [0.25, 0.3) is 0 Å². The summed E-state index contributed by atoms with van der Waals surface area (Å²) in [5, 5.41) is 19.9. The van der Waals surface area contributed by atoms with Gasteiger partial charge in [0.05, 0.1) is 5.92 Å². The fraction of sp³-hybridized carbons (Fsp3) is 0.714. The molecule has 1 fully saturated rings. The molecule has 3 N–H and O–H groups in total. The molecule has 1 heterocycles. The number of piperidine rings is 1. The maximum atomic E-state index is 10.5. The SMILES string of the molecule is O=C(O)C1CCNC(C(=O)O)C1.[NaH]. The van der Waals surface area contributed by atoms with E-state index in [9.17, 15) is 9.59 Å². The van der Waals surface area contributed by atoms with Crippen molar-refractivity contribution in [1.82, 2.24) is 5.32 Å². The number of nitrogens with one attached hydrogen (secondary N) is 1. The first-order valence-electron chi connectivity index (χ1n) is 3.80. The second-order valence-corrected chi connectivity index (χ2v) is 2.90. The van der Waals surface area contributed by atoms with Gasteiger partial charge in [0.25, 0.3) is 0 Å². The molecule has 0 amide bonds. The average Bonchev–Trinajstić information content (AvgIpc) is 2.04. The Morgan fingerprint density at radius 1 is 1.23 bits per heavy atom. The number of carboxylic acids is 2. The molecule has 0 spiro atoms. The Kier molecular flexibility index (Phi) is 5.55. The van der Waals surface area contributed by atoms with Crippen molar-refractivity contribution >= 4 is 41.5 Å². The van der Waals surface area contributed by atoms with Gasteiger partial charge in [-0.1, -0.05) is 0 Å². The van der Waals surface area contributed by atoms with Crippen molar-refractivity contribution in [3.8, 4) is 0 Å². The van der Waals surface area contributed by atoms with Crippen LogP contribution in [0.15, 0.2) is 0 Å². The zero-order valence-electron chi connectivity index (χ0n) is 6.49.